The molecule has 2 aromatic rings. The lowest BCUT2D eigenvalue weighted by molar-refractivity contribution is -0.117. The van der Waals surface area contributed by atoms with Gasteiger partial charge in [-0.2, -0.15) is 4.98 Å². The minimum absolute atomic E-state index is 0.0600. The van der Waals surface area contributed by atoms with Crippen LogP contribution in [0.1, 0.15) is 50.1 Å². The molecular formula is C20H28N6O2S. The lowest BCUT2D eigenvalue weighted by Gasteiger charge is -2.30. The summed E-state index contributed by atoms with van der Waals surface area (Å²) in [6.07, 6.45) is 9.97. The van der Waals surface area contributed by atoms with Gasteiger partial charge in [0.1, 0.15) is 5.65 Å². The lowest BCUT2D eigenvalue weighted by atomic mass is 10.1. The van der Waals surface area contributed by atoms with Gasteiger partial charge in [-0.25, -0.2) is 4.98 Å². The molecule has 0 atom stereocenters. The number of aromatic nitrogens is 3. The summed E-state index contributed by atoms with van der Waals surface area (Å²) in [6.45, 7) is 2.07. The summed E-state index contributed by atoms with van der Waals surface area (Å²) >= 11 is 1.78. The molecule has 9 heteroatoms. The number of hydrogen-bond acceptors (Lipinski definition) is 7. The summed E-state index contributed by atoms with van der Waals surface area (Å²) in [5, 5.41) is 4.23. The molecule has 4 rings (SSSR count). The van der Waals surface area contributed by atoms with Crippen molar-refractivity contribution in [2.75, 3.05) is 24.7 Å². The quantitative estimate of drug-likeness (QED) is 0.695. The van der Waals surface area contributed by atoms with E-state index < -0.39 is 5.91 Å². The first-order valence-electron chi connectivity index (χ1n) is 10.3. The van der Waals surface area contributed by atoms with E-state index in [0.29, 0.717) is 23.2 Å². The zero-order chi connectivity index (χ0) is 20.4. The molecule has 1 amide bonds. The van der Waals surface area contributed by atoms with Crippen LogP contribution in [-0.2, 0) is 11.2 Å². The van der Waals surface area contributed by atoms with Crippen LogP contribution in [0, 0.1) is 0 Å². The van der Waals surface area contributed by atoms with Gasteiger partial charge in [-0.05, 0) is 38.0 Å². The van der Waals surface area contributed by atoms with E-state index in [-0.39, 0.29) is 18.0 Å². The van der Waals surface area contributed by atoms with Crippen molar-refractivity contribution in [2.45, 2.75) is 57.0 Å². The number of nitrogens with zero attached hydrogens (tertiary/aromatic N) is 4. The fraction of sp³-hybridized carbons (Fsp3) is 0.600. The molecule has 0 bridgehead atoms. The minimum Gasteiger partial charge on any atom is -0.369 e. The molecule has 156 valence electrons. The van der Waals surface area contributed by atoms with E-state index in [4.69, 9.17) is 10.7 Å². The Kier molecular flexibility index (Phi) is 6.05. The second-order valence-corrected chi connectivity index (χ2v) is 8.81. The Balaban J connectivity index is 1.68. The molecule has 2 aliphatic rings. The number of piperidine rings is 1. The number of carbonyl (C=O) groups is 1. The fourth-order valence-electron chi connectivity index (χ4n) is 4.43. The number of rotatable bonds is 6. The Labute approximate surface area is 174 Å². The summed E-state index contributed by atoms with van der Waals surface area (Å²) in [5.74, 6) is 0.0594. The first-order valence-corrected chi connectivity index (χ1v) is 11.5. The summed E-state index contributed by atoms with van der Waals surface area (Å²) in [5.41, 5.74) is 6.27. The van der Waals surface area contributed by atoms with E-state index in [9.17, 15) is 9.59 Å². The maximum Gasteiger partial charge on any atom is 0.256 e. The van der Waals surface area contributed by atoms with E-state index in [1.807, 2.05) is 0 Å². The van der Waals surface area contributed by atoms with E-state index >= 15 is 0 Å². The standard InChI is InChI=1S/C20H28N6O2S/c1-29-25-8-6-15(7-9-25)23-20-22-12-14-10-13(11-17(21)27)19(28)26(18(14)24-20)16-4-2-3-5-16/h10,12,15-16H,2-9,11H2,1H3,(H2,21,27)(H,22,23,24). The van der Waals surface area contributed by atoms with Gasteiger partial charge >= 0.3 is 0 Å². The van der Waals surface area contributed by atoms with Gasteiger partial charge in [0.15, 0.2) is 0 Å². The third-order valence-corrected chi connectivity index (χ3v) is 6.83. The van der Waals surface area contributed by atoms with Gasteiger partial charge in [0, 0.05) is 42.3 Å². The van der Waals surface area contributed by atoms with Crippen molar-refractivity contribution in [1.82, 2.24) is 18.8 Å². The van der Waals surface area contributed by atoms with Crippen molar-refractivity contribution in [2.24, 2.45) is 5.73 Å². The fourth-order valence-corrected chi connectivity index (χ4v) is 5.00. The van der Waals surface area contributed by atoms with Gasteiger partial charge in [-0.15, -0.1) is 0 Å². The smallest absolute Gasteiger partial charge is 0.256 e. The van der Waals surface area contributed by atoms with Crippen LogP contribution in [0.2, 0.25) is 0 Å². The topological polar surface area (TPSA) is 106 Å². The molecule has 0 aromatic carbocycles. The second kappa shape index (κ2) is 8.71. The van der Waals surface area contributed by atoms with Crippen LogP contribution in [0.25, 0.3) is 11.0 Å². The number of nitrogens with two attached hydrogens (primary N) is 1. The third kappa shape index (κ3) is 4.40. The number of amides is 1. The van der Waals surface area contributed by atoms with Crippen LogP contribution >= 0.6 is 11.9 Å². The SMILES string of the molecule is CSN1CCC(Nc2ncc3cc(CC(N)=O)c(=O)n(C4CCCC4)c3n2)CC1. The summed E-state index contributed by atoms with van der Waals surface area (Å²) in [6, 6.07) is 2.16. The number of carbonyl (C=O) groups excluding carboxylic acids is 1. The van der Waals surface area contributed by atoms with Crippen molar-refractivity contribution in [1.29, 1.82) is 0 Å². The Morgan fingerprint density at radius 3 is 2.66 bits per heavy atom. The molecule has 2 fully saturated rings. The van der Waals surface area contributed by atoms with Crippen LogP contribution in [0.4, 0.5) is 5.95 Å². The monoisotopic (exact) mass is 416 g/mol. The average Bonchev–Trinajstić information content (AvgIpc) is 3.23. The summed E-state index contributed by atoms with van der Waals surface area (Å²) in [4.78, 5) is 33.8. The van der Waals surface area contributed by atoms with Crippen LogP contribution in [0.3, 0.4) is 0 Å². The highest BCUT2D eigenvalue weighted by atomic mass is 32.2. The minimum atomic E-state index is -0.504. The zero-order valence-electron chi connectivity index (χ0n) is 16.8. The molecule has 1 aliphatic carbocycles. The largest absolute Gasteiger partial charge is 0.369 e. The third-order valence-electron chi connectivity index (χ3n) is 5.95. The van der Waals surface area contributed by atoms with Gasteiger partial charge in [0.05, 0.1) is 6.42 Å². The maximum absolute atomic E-state index is 13.1. The molecule has 8 nitrogen and oxygen atoms in total. The van der Waals surface area contributed by atoms with Gasteiger partial charge < -0.3 is 11.1 Å². The van der Waals surface area contributed by atoms with Crippen molar-refractivity contribution >= 4 is 34.8 Å². The maximum atomic E-state index is 13.1. The number of hydrogen-bond donors (Lipinski definition) is 2. The van der Waals surface area contributed by atoms with Crippen LogP contribution in [-0.4, -0.2) is 50.1 Å². The van der Waals surface area contributed by atoms with Crippen LogP contribution in [0.15, 0.2) is 17.1 Å². The van der Waals surface area contributed by atoms with E-state index in [0.717, 1.165) is 57.0 Å². The highest BCUT2D eigenvalue weighted by Gasteiger charge is 2.24. The number of nitrogens with one attached hydrogen (secondary N) is 1. The summed E-state index contributed by atoms with van der Waals surface area (Å²) < 4.78 is 4.14. The lowest BCUT2D eigenvalue weighted by Crippen LogP contribution is -2.36. The molecule has 3 N–H and O–H groups in total. The number of pyridine rings is 1. The number of fused-ring (bicyclic) bond motifs is 1. The zero-order valence-corrected chi connectivity index (χ0v) is 17.6. The normalized spacial score (nSPS) is 19.1. The molecule has 1 aliphatic heterocycles. The van der Waals surface area contributed by atoms with Crippen LogP contribution in [0.5, 0.6) is 0 Å². The predicted octanol–water partition coefficient (Wildman–Crippen LogP) is 2.09. The molecule has 29 heavy (non-hydrogen) atoms. The van der Waals surface area contributed by atoms with Gasteiger partial charge in [-0.3, -0.25) is 18.5 Å². The predicted molar refractivity (Wildman–Crippen MR) is 116 cm³/mol. The molecule has 0 unspecified atom stereocenters. The van der Waals surface area contributed by atoms with Gasteiger partial charge in [-0.1, -0.05) is 24.8 Å². The highest BCUT2D eigenvalue weighted by Crippen LogP contribution is 2.31. The van der Waals surface area contributed by atoms with Gasteiger partial charge in [0.2, 0.25) is 11.9 Å². The molecule has 0 radical (unpaired) electrons. The summed E-state index contributed by atoms with van der Waals surface area (Å²) in [7, 11) is 0. The highest BCUT2D eigenvalue weighted by molar-refractivity contribution is 7.96. The molecule has 1 saturated heterocycles. The van der Waals surface area contributed by atoms with E-state index in [1.54, 1.807) is 28.8 Å². The molecule has 1 saturated carbocycles. The molecule has 2 aromatic heterocycles. The Bertz CT molecular complexity index is 948. The number of anilines is 1. The molecular weight excluding hydrogens is 388 g/mol. The molecule has 3 heterocycles. The Morgan fingerprint density at radius 1 is 1.28 bits per heavy atom. The van der Waals surface area contributed by atoms with Crippen molar-refractivity contribution in [3.63, 3.8) is 0 Å². The Morgan fingerprint density at radius 2 is 2.00 bits per heavy atom. The first kappa shape index (κ1) is 20.2. The second-order valence-electron chi connectivity index (χ2n) is 7.93. The molecule has 0 spiro atoms. The van der Waals surface area contributed by atoms with Crippen molar-refractivity contribution < 1.29 is 4.79 Å². The average molecular weight is 417 g/mol. The van der Waals surface area contributed by atoms with Crippen LogP contribution < -0.4 is 16.6 Å². The van der Waals surface area contributed by atoms with Crippen molar-refractivity contribution in [3.8, 4) is 0 Å². The Hall–Kier alpha value is -2.13. The van der Waals surface area contributed by atoms with E-state index in [1.165, 1.54) is 0 Å². The first-order chi connectivity index (χ1) is 14.0. The van der Waals surface area contributed by atoms with Crippen molar-refractivity contribution in [3.05, 3.63) is 28.2 Å². The van der Waals surface area contributed by atoms with Gasteiger partial charge in [0.25, 0.3) is 5.56 Å². The number of primary amides is 1. The van der Waals surface area contributed by atoms with E-state index in [2.05, 4.69) is 20.9 Å².